The third-order valence-corrected chi connectivity index (χ3v) is 4.87. The molecule has 0 saturated heterocycles. The Kier molecular flexibility index (Phi) is 5.84. The van der Waals surface area contributed by atoms with Crippen LogP contribution in [0.3, 0.4) is 0 Å². The average Bonchev–Trinajstić information content (AvgIpc) is 2.59. The van der Waals surface area contributed by atoms with Gasteiger partial charge in [-0.05, 0) is 31.2 Å². The predicted octanol–water partition coefficient (Wildman–Crippen LogP) is 2.19. The summed E-state index contributed by atoms with van der Waals surface area (Å²) in [7, 11) is -3.67. The first-order valence-electron chi connectivity index (χ1n) is 7.38. The van der Waals surface area contributed by atoms with Gasteiger partial charge in [0.15, 0.2) is 5.78 Å². The molecule has 0 amide bonds. The molecule has 0 spiro atoms. The quantitative estimate of drug-likeness (QED) is 0.321. The van der Waals surface area contributed by atoms with Gasteiger partial charge in [0.1, 0.15) is 0 Å². The van der Waals surface area contributed by atoms with Crippen molar-refractivity contribution < 1.29 is 18.1 Å². The van der Waals surface area contributed by atoms with Crippen molar-refractivity contribution >= 4 is 27.2 Å². The number of hydrogen-bond donors (Lipinski definition) is 2. The van der Waals surface area contributed by atoms with Gasteiger partial charge in [-0.1, -0.05) is 12.1 Å². The van der Waals surface area contributed by atoms with Crippen LogP contribution in [0.15, 0.2) is 53.4 Å². The van der Waals surface area contributed by atoms with E-state index in [0.717, 1.165) is 0 Å². The van der Waals surface area contributed by atoms with Crippen LogP contribution in [0.25, 0.3) is 0 Å². The standard InChI is InChI=1S/C16H17N3O5S/c1-12(20)13-2-8-16(9-3-13)25(23,24)18-11-10-17-14-4-6-15(7-5-14)19(21)22/h2-9,17-18H,10-11H2,1H3. The van der Waals surface area contributed by atoms with Gasteiger partial charge in [0.2, 0.25) is 10.0 Å². The Morgan fingerprint density at radius 3 is 2.16 bits per heavy atom. The van der Waals surface area contributed by atoms with Crippen molar-refractivity contribution in [3.05, 3.63) is 64.2 Å². The van der Waals surface area contributed by atoms with E-state index in [2.05, 4.69) is 10.0 Å². The third-order valence-electron chi connectivity index (χ3n) is 3.40. The molecule has 0 saturated carbocycles. The van der Waals surface area contributed by atoms with Crippen LogP contribution in [-0.2, 0) is 10.0 Å². The molecule has 0 fully saturated rings. The van der Waals surface area contributed by atoms with Crippen LogP contribution in [0.5, 0.6) is 0 Å². The van der Waals surface area contributed by atoms with Crippen LogP contribution in [0.4, 0.5) is 11.4 Å². The summed E-state index contributed by atoms with van der Waals surface area (Å²) in [6.45, 7) is 1.85. The second-order valence-electron chi connectivity index (χ2n) is 5.21. The highest BCUT2D eigenvalue weighted by molar-refractivity contribution is 7.89. The van der Waals surface area contributed by atoms with Crippen LogP contribution in [0.1, 0.15) is 17.3 Å². The number of carbonyl (C=O) groups is 1. The zero-order valence-corrected chi connectivity index (χ0v) is 14.2. The number of nitrogens with zero attached hydrogens (tertiary/aromatic N) is 1. The second kappa shape index (κ2) is 7.86. The number of nitro benzene ring substituents is 1. The molecular formula is C16H17N3O5S. The van der Waals surface area contributed by atoms with E-state index in [4.69, 9.17) is 0 Å². The van der Waals surface area contributed by atoms with Crippen LogP contribution in [-0.4, -0.2) is 32.2 Å². The lowest BCUT2D eigenvalue weighted by Crippen LogP contribution is -2.28. The van der Waals surface area contributed by atoms with E-state index in [1.807, 2.05) is 0 Å². The van der Waals surface area contributed by atoms with Gasteiger partial charge in [0, 0.05) is 36.5 Å². The first-order chi connectivity index (χ1) is 11.8. The van der Waals surface area contributed by atoms with E-state index in [1.54, 1.807) is 12.1 Å². The SMILES string of the molecule is CC(=O)c1ccc(S(=O)(=O)NCCNc2ccc([N+](=O)[O-])cc2)cc1. The second-order valence-corrected chi connectivity index (χ2v) is 6.98. The minimum absolute atomic E-state index is 0.0136. The van der Waals surface area contributed by atoms with E-state index in [1.165, 1.54) is 43.3 Å². The molecule has 0 aliphatic rings. The van der Waals surface area contributed by atoms with Crippen LogP contribution in [0.2, 0.25) is 0 Å². The number of hydrogen-bond acceptors (Lipinski definition) is 6. The van der Waals surface area contributed by atoms with E-state index < -0.39 is 14.9 Å². The maximum atomic E-state index is 12.1. The minimum atomic E-state index is -3.67. The maximum absolute atomic E-state index is 12.1. The fourth-order valence-electron chi connectivity index (χ4n) is 2.05. The Balaban J connectivity index is 1.87. The van der Waals surface area contributed by atoms with Crippen LogP contribution >= 0.6 is 0 Å². The topological polar surface area (TPSA) is 118 Å². The first kappa shape index (κ1) is 18.6. The van der Waals surface area contributed by atoms with Gasteiger partial charge >= 0.3 is 0 Å². The van der Waals surface area contributed by atoms with E-state index in [-0.39, 0.29) is 22.9 Å². The number of benzene rings is 2. The minimum Gasteiger partial charge on any atom is -0.384 e. The number of rotatable bonds is 8. The van der Waals surface area contributed by atoms with E-state index >= 15 is 0 Å². The number of anilines is 1. The predicted molar refractivity (Wildman–Crippen MR) is 93.2 cm³/mol. The summed E-state index contributed by atoms with van der Waals surface area (Å²) in [6, 6.07) is 11.5. The van der Waals surface area contributed by atoms with Crippen molar-refractivity contribution in [2.75, 3.05) is 18.4 Å². The Bertz CT molecular complexity index is 862. The lowest BCUT2D eigenvalue weighted by atomic mass is 10.2. The molecule has 0 atom stereocenters. The molecule has 2 N–H and O–H groups in total. The Labute approximate surface area is 145 Å². The summed E-state index contributed by atoms with van der Waals surface area (Å²) < 4.78 is 26.7. The molecule has 0 bridgehead atoms. The number of nitrogens with one attached hydrogen (secondary N) is 2. The van der Waals surface area contributed by atoms with E-state index in [0.29, 0.717) is 17.8 Å². The normalized spacial score (nSPS) is 11.1. The van der Waals surface area contributed by atoms with Crippen LogP contribution < -0.4 is 10.0 Å². The van der Waals surface area contributed by atoms with Gasteiger partial charge in [-0.2, -0.15) is 0 Å². The van der Waals surface area contributed by atoms with Gasteiger partial charge in [-0.15, -0.1) is 0 Å². The van der Waals surface area contributed by atoms with Crippen LogP contribution in [0, 0.1) is 10.1 Å². The maximum Gasteiger partial charge on any atom is 0.269 e. The zero-order valence-electron chi connectivity index (χ0n) is 13.4. The molecule has 0 unspecified atom stereocenters. The molecule has 0 heterocycles. The first-order valence-corrected chi connectivity index (χ1v) is 8.87. The fourth-order valence-corrected chi connectivity index (χ4v) is 3.08. The fraction of sp³-hybridized carbons (Fsp3) is 0.188. The number of carbonyl (C=O) groups excluding carboxylic acids is 1. The van der Waals surface area contributed by atoms with Crippen molar-refractivity contribution in [1.82, 2.24) is 4.72 Å². The number of Topliss-reactive ketones (excluding diaryl/α,β-unsaturated/α-hetero) is 1. The number of ketones is 1. The van der Waals surface area contributed by atoms with E-state index in [9.17, 15) is 23.3 Å². The molecular weight excluding hydrogens is 346 g/mol. The van der Waals surface area contributed by atoms with Crippen molar-refractivity contribution in [2.45, 2.75) is 11.8 Å². The summed E-state index contributed by atoms with van der Waals surface area (Å²) in [5.41, 5.74) is 1.08. The van der Waals surface area contributed by atoms with Crippen molar-refractivity contribution in [3.63, 3.8) is 0 Å². The highest BCUT2D eigenvalue weighted by Gasteiger charge is 2.13. The van der Waals surface area contributed by atoms with Crippen molar-refractivity contribution in [2.24, 2.45) is 0 Å². The highest BCUT2D eigenvalue weighted by Crippen LogP contribution is 2.15. The molecule has 2 rings (SSSR count). The molecule has 0 aliphatic heterocycles. The largest absolute Gasteiger partial charge is 0.384 e. The molecule has 25 heavy (non-hydrogen) atoms. The smallest absolute Gasteiger partial charge is 0.269 e. The molecule has 2 aromatic carbocycles. The summed E-state index contributed by atoms with van der Waals surface area (Å²) in [5, 5.41) is 13.5. The molecule has 8 nitrogen and oxygen atoms in total. The summed E-state index contributed by atoms with van der Waals surface area (Å²) in [6.07, 6.45) is 0. The number of nitro groups is 1. The zero-order chi connectivity index (χ0) is 18.4. The molecule has 2 aromatic rings. The number of sulfonamides is 1. The highest BCUT2D eigenvalue weighted by atomic mass is 32.2. The molecule has 0 radical (unpaired) electrons. The summed E-state index contributed by atoms with van der Waals surface area (Å²) in [5.74, 6) is -0.135. The third kappa shape index (κ3) is 5.10. The van der Waals surface area contributed by atoms with Crippen molar-refractivity contribution in [1.29, 1.82) is 0 Å². The van der Waals surface area contributed by atoms with Gasteiger partial charge in [0.25, 0.3) is 5.69 Å². The Hall–Kier alpha value is -2.78. The molecule has 0 aromatic heterocycles. The lowest BCUT2D eigenvalue weighted by molar-refractivity contribution is -0.384. The van der Waals surface area contributed by atoms with Gasteiger partial charge < -0.3 is 5.32 Å². The van der Waals surface area contributed by atoms with Crippen molar-refractivity contribution in [3.8, 4) is 0 Å². The summed E-state index contributed by atoms with van der Waals surface area (Å²) >= 11 is 0. The Morgan fingerprint density at radius 2 is 1.64 bits per heavy atom. The van der Waals surface area contributed by atoms with Gasteiger partial charge in [-0.25, -0.2) is 13.1 Å². The monoisotopic (exact) mass is 363 g/mol. The number of non-ortho nitro benzene ring substituents is 1. The van der Waals surface area contributed by atoms with Gasteiger partial charge in [-0.3, -0.25) is 14.9 Å². The molecule has 0 aliphatic carbocycles. The lowest BCUT2D eigenvalue weighted by Gasteiger charge is -2.09. The van der Waals surface area contributed by atoms with Gasteiger partial charge in [0.05, 0.1) is 9.82 Å². The summed E-state index contributed by atoms with van der Waals surface area (Å²) in [4.78, 5) is 21.4. The molecule has 9 heteroatoms. The Morgan fingerprint density at radius 1 is 1.04 bits per heavy atom. The average molecular weight is 363 g/mol. The molecule has 132 valence electrons.